The molecule has 0 aliphatic carbocycles. The second-order valence-corrected chi connectivity index (χ2v) is 12.1. The van der Waals surface area contributed by atoms with E-state index in [0.29, 0.717) is 39.3 Å². The van der Waals surface area contributed by atoms with E-state index in [-0.39, 0.29) is 41.1 Å². The summed E-state index contributed by atoms with van der Waals surface area (Å²) in [6, 6.07) is 14.1. The Hall–Kier alpha value is -4.89. The van der Waals surface area contributed by atoms with Crippen molar-refractivity contribution in [2.75, 3.05) is 32.8 Å². The van der Waals surface area contributed by atoms with Crippen LogP contribution in [-0.2, 0) is 20.8 Å². The van der Waals surface area contributed by atoms with Gasteiger partial charge in [-0.1, -0.05) is 36.0 Å². The van der Waals surface area contributed by atoms with Crippen molar-refractivity contribution >= 4 is 51.9 Å². The number of thiophene rings is 1. The lowest BCUT2D eigenvalue weighted by atomic mass is 10.1. The third-order valence-electron chi connectivity index (χ3n) is 6.76. The normalized spacial score (nSPS) is 11.4. The Balaban J connectivity index is 1.62. The molecular weight excluding hydrogens is 647 g/mol. The van der Waals surface area contributed by atoms with E-state index in [2.05, 4.69) is 20.8 Å². The molecule has 47 heavy (non-hydrogen) atoms. The van der Waals surface area contributed by atoms with E-state index in [1.54, 1.807) is 68.7 Å². The van der Waals surface area contributed by atoms with E-state index in [1.807, 2.05) is 12.1 Å². The third-order valence-corrected chi connectivity index (χ3v) is 8.99. The maximum Gasteiger partial charge on any atom is 0.348 e. The molecule has 4 aromatic rings. The zero-order chi connectivity index (χ0) is 34.1. The van der Waals surface area contributed by atoms with Crippen molar-refractivity contribution in [1.29, 1.82) is 0 Å². The summed E-state index contributed by atoms with van der Waals surface area (Å²) in [4.78, 5) is 52.2. The first kappa shape index (κ1) is 35.0. The maximum atomic E-state index is 13.5. The van der Waals surface area contributed by atoms with Crippen LogP contribution in [0.4, 0.5) is 5.00 Å². The number of nitrogens with one attached hydrogen (secondary N) is 2. The SMILES string of the molecule is CCOC(=O)c1sc(NC(=O)[C@@H](C)Sc2nnc(CNC(=O)c3ccccc3OC)n2-c2ccccc2OC)c(C(=O)OCC)c1C. The molecule has 0 aliphatic heterocycles. The Labute approximate surface area is 280 Å². The van der Waals surface area contributed by atoms with Gasteiger partial charge in [0.25, 0.3) is 5.91 Å². The number of amides is 2. The van der Waals surface area contributed by atoms with Gasteiger partial charge in [-0.15, -0.1) is 21.5 Å². The highest BCUT2D eigenvalue weighted by atomic mass is 32.2. The van der Waals surface area contributed by atoms with Crippen LogP contribution in [0.15, 0.2) is 53.7 Å². The summed E-state index contributed by atoms with van der Waals surface area (Å²) in [7, 11) is 3.02. The summed E-state index contributed by atoms with van der Waals surface area (Å²) in [6.45, 7) is 6.88. The first-order chi connectivity index (χ1) is 22.6. The third kappa shape index (κ3) is 7.92. The molecule has 0 fully saturated rings. The minimum atomic E-state index is -0.757. The number of aromatic nitrogens is 3. The topological polar surface area (TPSA) is 160 Å². The zero-order valence-corrected chi connectivity index (χ0v) is 28.4. The molecule has 13 nitrogen and oxygen atoms in total. The van der Waals surface area contributed by atoms with E-state index < -0.39 is 23.1 Å². The fraction of sp³-hybridized carbons (Fsp3) is 0.312. The lowest BCUT2D eigenvalue weighted by Crippen LogP contribution is -2.25. The minimum Gasteiger partial charge on any atom is -0.496 e. The van der Waals surface area contributed by atoms with Crippen LogP contribution < -0.4 is 20.1 Å². The first-order valence-electron chi connectivity index (χ1n) is 14.6. The standard InChI is InChI=1S/C32H35N5O8S2/c1-7-44-30(40)25-18(3)26(31(41)45-8-2)47-29(25)34-27(38)19(4)46-32-36-35-24(37(32)21-14-10-12-16-23(21)43-6)17-33-28(39)20-13-9-11-15-22(20)42-5/h9-16,19H,7-8,17H2,1-6H3,(H,33,39)(H,34,38)/t19-/m1/s1. The molecule has 15 heteroatoms. The molecule has 2 heterocycles. The number of nitrogens with zero attached hydrogens (tertiary/aromatic N) is 3. The Morgan fingerprint density at radius 2 is 1.55 bits per heavy atom. The number of carbonyl (C=O) groups excluding carboxylic acids is 4. The fourth-order valence-corrected chi connectivity index (χ4v) is 6.47. The van der Waals surface area contributed by atoms with Crippen LogP contribution in [0.5, 0.6) is 11.5 Å². The van der Waals surface area contributed by atoms with Crippen molar-refractivity contribution in [1.82, 2.24) is 20.1 Å². The van der Waals surface area contributed by atoms with Gasteiger partial charge in [-0.25, -0.2) is 9.59 Å². The largest absolute Gasteiger partial charge is 0.496 e. The minimum absolute atomic E-state index is 0.00290. The smallest absolute Gasteiger partial charge is 0.348 e. The van der Waals surface area contributed by atoms with Gasteiger partial charge >= 0.3 is 11.9 Å². The van der Waals surface area contributed by atoms with Crippen LogP contribution in [0.3, 0.4) is 0 Å². The van der Waals surface area contributed by atoms with Crippen LogP contribution >= 0.6 is 23.1 Å². The van der Waals surface area contributed by atoms with Gasteiger partial charge in [0.15, 0.2) is 11.0 Å². The maximum absolute atomic E-state index is 13.5. The monoisotopic (exact) mass is 681 g/mol. The van der Waals surface area contributed by atoms with E-state index in [9.17, 15) is 19.2 Å². The van der Waals surface area contributed by atoms with E-state index in [4.69, 9.17) is 18.9 Å². The van der Waals surface area contributed by atoms with E-state index >= 15 is 0 Å². The summed E-state index contributed by atoms with van der Waals surface area (Å²) in [6.07, 6.45) is 0. The molecule has 2 aromatic carbocycles. The number of hydrogen-bond acceptors (Lipinski definition) is 12. The molecule has 0 radical (unpaired) electrons. The van der Waals surface area contributed by atoms with Gasteiger partial charge in [-0.3, -0.25) is 14.2 Å². The number of carbonyl (C=O) groups is 4. The number of hydrogen-bond donors (Lipinski definition) is 2. The van der Waals surface area contributed by atoms with Crippen molar-refractivity contribution in [2.24, 2.45) is 0 Å². The molecule has 248 valence electrons. The van der Waals surface area contributed by atoms with Gasteiger partial charge in [0.05, 0.1) is 56.0 Å². The van der Waals surface area contributed by atoms with Gasteiger partial charge in [0, 0.05) is 0 Å². The van der Waals surface area contributed by atoms with Gasteiger partial charge in [0.2, 0.25) is 5.91 Å². The van der Waals surface area contributed by atoms with Crippen LogP contribution in [0.2, 0.25) is 0 Å². The predicted molar refractivity (Wildman–Crippen MR) is 177 cm³/mol. The number of methoxy groups -OCH3 is 2. The average molecular weight is 682 g/mol. The Bertz CT molecular complexity index is 1770. The highest BCUT2D eigenvalue weighted by molar-refractivity contribution is 8.00. The van der Waals surface area contributed by atoms with Gasteiger partial charge in [-0.05, 0) is 57.5 Å². The molecule has 0 unspecified atom stereocenters. The van der Waals surface area contributed by atoms with Crippen LogP contribution in [0, 0.1) is 6.92 Å². The van der Waals surface area contributed by atoms with Crippen LogP contribution in [0.25, 0.3) is 5.69 Å². The molecule has 4 rings (SSSR count). The Morgan fingerprint density at radius 3 is 2.23 bits per heavy atom. The van der Waals surface area contributed by atoms with Crippen molar-refractivity contribution in [2.45, 2.75) is 44.6 Å². The Kier molecular flexibility index (Phi) is 12.0. The fourth-order valence-electron chi connectivity index (χ4n) is 4.50. The van der Waals surface area contributed by atoms with Gasteiger partial charge in [-0.2, -0.15) is 0 Å². The second-order valence-electron chi connectivity index (χ2n) is 9.74. The number of para-hydroxylation sites is 3. The number of esters is 2. The van der Waals surface area contributed by atoms with Crippen LogP contribution in [0.1, 0.15) is 62.5 Å². The van der Waals surface area contributed by atoms with Gasteiger partial charge in [0.1, 0.15) is 21.4 Å². The van der Waals surface area contributed by atoms with Crippen molar-refractivity contribution in [3.8, 4) is 17.2 Å². The molecule has 0 saturated carbocycles. The molecule has 0 aliphatic rings. The summed E-state index contributed by atoms with van der Waals surface area (Å²) >= 11 is 2.05. The number of ether oxygens (including phenoxy) is 4. The lowest BCUT2D eigenvalue weighted by Gasteiger charge is -2.16. The molecular formula is C32H35N5O8S2. The number of benzene rings is 2. The van der Waals surface area contributed by atoms with Crippen LogP contribution in [-0.4, -0.2) is 71.2 Å². The summed E-state index contributed by atoms with van der Waals surface area (Å²) in [5, 5.41) is 14.1. The van der Waals surface area contributed by atoms with Crippen molar-refractivity contribution < 1.29 is 38.1 Å². The number of anilines is 1. The van der Waals surface area contributed by atoms with Crippen molar-refractivity contribution in [3.63, 3.8) is 0 Å². The summed E-state index contributed by atoms with van der Waals surface area (Å²) < 4.78 is 22.9. The average Bonchev–Trinajstić information content (AvgIpc) is 3.62. The number of thioether (sulfide) groups is 1. The lowest BCUT2D eigenvalue weighted by molar-refractivity contribution is -0.115. The van der Waals surface area contributed by atoms with Gasteiger partial charge < -0.3 is 29.6 Å². The highest BCUT2D eigenvalue weighted by Crippen LogP contribution is 2.36. The summed E-state index contributed by atoms with van der Waals surface area (Å²) in [5.74, 6) is -0.772. The summed E-state index contributed by atoms with van der Waals surface area (Å²) in [5.41, 5.74) is 1.40. The molecule has 0 saturated heterocycles. The van der Waals surface area contributed by atoms with E-state index in [1.165, 1.54) is 14.2 Å². The molecule has 2 N–H and O–H groups in total. The highest BCUT2D eigenvalue weighted by Gasteiger charge is 2.29. The van der Waals surface area contributed by atoms with Crippen molar-refractivity contribution in [3.05, 3.63) is 75.9 Å². The second kappa shape index (κ2) is 16.1. The molecule has 0 spiro atoms. The number of rotatable bonds is 14. The molecule has 0 bridgehead atoms. The molecule has 1 atom stereocenters. The molecule has 2 aromatic heterocycles. The van der Waals surface area contributed by atoms with E-state index in [0.717, 1.165) is 23.1 Å². The first-order valence-corrected chi connectivity index (χ1v) is 16.3. The quantitative estimate of drug-likeness (QED) is 0.135. The molecule has 2 amide bonds. The zero-order valence-electron chi connectivity index (χ0n) is 26.7. The Morgan fingerprint density at radius 1 is 0.915 bits per heavy atom. The predicted octanol–water partition coefficient (Wildman–Crippen LogP) is 5.06.